The molecule has 98 valence electrons. The number of rotatable bonds is 3. The summed E-state index contributed by atoms with van der Waals surface area (Å²) in [5, 5.41) is 3.38. The highest BCUT2D eigenvalue weighted by molar-refractivity contribution is 5.13. The average molecular weight is 245 g/mol. The van der Waals surface area contributed by atoms with Crippen LogP contribution in [0.5, 0.6) is 0 Å². The molecule has 0 radical (unpaired) electrons. The first kappa shape index (κ1) is 12.1. The van der Waals surface area contributed by atoms with Gasteiger partial charge in [-0.2, -0.15) is 0 Å². The van der Waals surface area contributed by atoms with E-state index < -0.39 is 0 Å². The molecule has 1 aromatic heterocycles. The molecule has 0 unspecified atom stereocenters. The van der Waals surface area contributed by atoms with E-state index in [1.807, 2.05) is 6.20 Å². The van der Waals surface area contributed by atoms with Crippen LogP contribution in [0.25, 0.3) is 0 Å². The van der Waals surface area contributed by atoms with Crippen LogP contribution in [0.15, 0.2) is 12.3 Å². The summed E-state index contributed by atoms with van der Waals surface area (Å²) in [4.78, 5) is 9.36. The molecule has 1 heterocycles. The van der Waals surface area contributed by atoms with Gasteiger partial charge in [-0.05, 0) is 51.6 Å². The van der Waals surface area contributed by atoms with Crippen LogP contribution in [0, 0.1) is 0 Å². The molecule has 3 rings (SSSR count). The Bertz CT molecular complexity index is 392. The molecule has 1 aromatic rings. The van der Waals surface area contributed by atoms with Crippen molar-refractivity contribution in [3.8, 4) is 0 Å². The Morgan fingerprint density at radius 1 is 1.06 bits per heavy atom. The van der Waals surface area contributed by atoms with Crippen molar-refractivity contribution in [2.45, 2.75) is 62.8 Å². The molecule has 0 aliphatic heterocycles. The largest absolute Gasteiger partial charge is 0.317 e. The number of nitrogens with zero attached hydrogens (tertiary/aromatic N) is 2. The monoisotopic (exact) mass is 245 g/mol. The molecule has 0 saturated heterocycles. The lowest BCUT2D eigenvalue weighted by molar-refractivity contribution is 0.347. The molecule has 3 heteroatoms. The quantitative estimate of drug-likeness (QED) is 0.889. The summed E-state index contributed by atoms with van der Waals surface area (Å²) < 4.78 is 0. The van der Waals surface area contributed by atoms with Crippen molar-refractivity contribution in [1.29, 1.82) is 0 Å². The van der Waals surface area contributed by atoms with E-state index in [1.54, 1.807) is 0 Å². The molecule has 1 N–H and O–H groups in total. The van der Waals surface area contributed by atoms with Crippen molar-refractivity contribution in [3.05, 3.63) is 23.8 Å². The topological polar surface area (TPSA) is 37.8 Å². The summed E-state index contributed by atoms with van der Waals surface area (Å²) in [6.07, 6.45) is 11.0. The first-order chi connectivity index (χ1) is 8.86. The highest BCUT2D eigenvalue weighted by Gasteiger charge is 2.25. The minimum atomic E-state index is 0.592. The van der Waals surface area contributed by atoms with Gasteiger partial charge in [0, 0.05) is 29.8 Å². The Kier molecular flexibility index (Phi) is 3.59. The first-order valence-electron chi connectivity index (χ1n) is 7.37. The minimum absolute atomic E-state index is 0.592. The van der Waals surface area contributed by atoms with Crippen LogP contribution in [-0.4, -0.2) is 23.1 Å². The van der Waals surface area contributed by atoms with Gasteiger partial charge >= 0.3 is 0 Å². The lowest BCUT2D eigenvalue weighted by atomic mass is 9.82. The van der Waals surface area contributed by atoms with Crippen molar-refractivity contribution < 1.29 is 0 Å². The molecule has 2 aliphatic carbocycles. The predicted molar refractivity (Wildman–Crippen MR) is 72.7 cm³/mol. The normalized spacial score (nSPS) is 28.9. The smallest absolute Gasteiger partial charge is 0.131 e. The van der Waals surface area contributed by atoms with Crippen molar-refractivity contribution >= 4 is 0 Å². The van der Waals surface area contributed by atoms with Gasteiger partial charge in [-0.3, -0.25) is 0 Å². The van der Waals surface area contributed by atoms with E-state index in [0.717, 1.165) is 11.7 Å². The average Bonchev–Trinajstić information content (AvgIpc) is 2.37. The van der Waals surface area contributed by atoms with E-state index >= 15 is 0 Å². The summed E-state index contributed by atoms with van der Waals surface area (Å²) >= 11 is 0. The number of hydrogen-bond donors (Lipinski definition) is 1. The Morgan fingerprint density at radius 2 is 1.83 bits per heavy atom. The van der Waals surface area contributed by atoms with Gasteiger partial charge in [-0.15, -0.1) is 0 Å². The van der Waals surface area contributed by atoms with E-state index in [0.29, 0.717) is 12.0 Å². The van der Waals surface area contributed by atoms with Gasteiger partial charge in [-0.1, -0.05) is 6.42 Å². The highest BCUT2D eigenvalue weighted by Crippen LogP contribution is 2.36. The van der Waals surface area contributed by atoms with Gasteiger partial charge in [0.15, 0.2) is 0 Å². The van der Waals surface area contributed by atoms with Crippen LogP contribution in [0.4, 0.5) is 0 Å². The van der Waals surface area contributed by atoms with Crippen molar-refractivity contribution in [2.75, 3.05) is 7.05 Å². The number of aromatic nitrogens is 2. The predicted octanol–water partition coefficient (Wildman–Crippen LogP) is 2.99. The molecule has 0 aromatic carbocycles. The third-order valence-electron chi connectivity index (χ3n) is 4.72. The molecule has 2 aliphatic rings. The van der Waals surface area contributed by atoms with Crippen molar-refractivity contribution in [2.24, 2.45) is 0 Å². The Labute approximate surface area is 109 Å². The van der Waals surface area contributed by atoms with Crippen LogP contribution < -0.4 is 5.32 Å². The highest BCUT2D eigenvalue weighted by atomic mass is 14.9. The second kappa shape index (κ2) is 5.35. The summed E-state index contributed by atoms with van der Waals surface area (Å²) in [6, 6.07) is 2.82. The summed E-state index contributed by atoms with van der Waals surface area (Å²) in [6.45, 7) is 0. The van der Waals surface area contributed by atoms with Gasteiger partial charge in [0.25, 0.3) is 0 Å². The molecule has 2 saturated carbocycles. The second-order valence-electron chi connectivity index (χ2n) is 5.80. The van der Waals surface area contributed by atoms with Crippen molar-refractivity contribution in [3.63, 3.8) is 0 Å². The zero-order valence-corrected chi connectivity index (χ0v) is 11.2. The minimum Gasteiger partial charge on any atom is -0.317 e. The van der Waals surface area contributed by atoms with Crippen LogP contribution in [-0.2, 0) is 0 Å². The maximum Gasteiger partial charge on any atom is 0.131 e. The SMILES string of the molecule is CNC1CCC(c2nccc(C3CCC3)n2)CC1. The maximum absolute atomic E-state index is 4.84. The third-order valence-corrected chi connectivity index (χ3v) is 4.72. The zero-order valence-electron chi connectivity index (χ0n) is 11.2. The second-order valence-corrected chi connectivity index (χ2v) is 5.80. The van der Waals surface area contributed by atoms with Crippen molar-refractivity contribution in [1.82, 2.24) is 15.3 Å². The molecular weight excluding hydrogens is 222 g/mol. The zero-order chi connectivity index (χ0) is 12.4. The molecule has 0 amide bonds. The third kappa shape index (κ3) is 2.41. The lowest BCUT2D eigenvalue weighted by Crippen LogP contribution is -2.30. The molecular formula is C15H23N3. The first-order valence-corrected chi connectivity index (χ1v) is 7.37. The molecule has 0 atom stereocenters. The van der Waals surface area contributed by atoms with Gasteiger partial charge in [0.2, 0.25) is 0 Å². The summed E-state index contributed by atoms with van der Waals surface area (Å²) in [5.74, 6) is 2.42. The van der Waals surface area contributed by atoms with Crippen LogP contribution in [0.3, 0.4) is 0 Å². The number of nitrogens with one attached hydrogen (secondary N) is 1. The molecule has 3 nitrogen and oxygen atoms in total. The van der Waals surface area contributed by atoms with E-state index in [4.69, 9.17) is 4.98 Å². The lowest BCUT2D eigenvalue weighted by Gasteiger charge is -2.29. The van der Waals surface area contributed by atoms with E-state index in [1.165, 1.54) is 50.6 Å². The van der Waals surface area contributed by atoms with Gasteiger partial charge in [-0.25, -0.2) is 9.97 Å². The maximum atomic E-state index is 4.84. The molecule has 0 bridgehead atoms. The standard InChI is InChI=1S/C15H23N3/c1-16-13-7-5-12(6-8-13)15-17-10-9-14(18-15)11-3-2-4-11/h9-13,16H,2-8H2,1H3. The Hall–Kier alpha value is -0.960. The Balaban J connectivity index is 1.68. The van der Waals surface area contributed by atoms with Crippen LogP contribution in [0.2, 0.25) is 0 Å². The molecule has 2 fully saturated rings. The van der Waals surface area contributed by atoms with Gasteiger partial charge in [0.1, 0.15) is 5.82 Å². The molecule has 18 heavy (non-hydrogen) atoms. The van der Waals surface area contributed by atoms with E-state index in [9.17, 15) is 0 Å². The fourth-order valence-corrected chi connectivity index (χ4v) is 3.16. The van der Waals surface area contributed by atoms with Crippen LogP contribution in [0.1, 0.15) is 68.3 Å². The fraction of sp³-hybridized carbons (Fsp3) is 0.733. The van der Waals surface area contributed by atoms with Gasteiger partial charge < -0.3 is 5.32 Å². The summed E-state index contributed by atoms with van der Waals surface area (Å²) in [5.41, 5.74) is 1.29. The fourth-order valence-electron chi connectivity index (χ4n) is 3.16. The summed E-state index contributed by atoms with van der Waals surface area (Å²) in [7, 11) is 2.07. The van der Waals surface area contributed by atoms with E-state index in [-0.39, 0.29) is 0 Å². The number of hydrogen-bond acceptors (Lipinski definition) is 3. The molecule has 0 spiro atoms. The Morgan fingerprint density at radius 3 is 2.44 bits per heavy atom. The van der Waals surface area contributed by atoms with E-state index in [2.05, 4.69) is 23.4 Å². The van der Waals surface area contributed by atoms with Crippen LogP contribution >= 0.6 is 0 Å². The van der Waals surface area contributed by atoms with Gasteiger partial charge in [0.05, 0.1) is 0 Å².